The molecule has 0 unspecified atom stereocenters. The van der Waals surface area contributed by atoms with E-state index in [4.69, 9.17) is 18.9 Å². The molecule has 1 saturated heterocycles. The number of aliphatic hydroxyl groups is 1. The summed E-state index contributed by atoms with van der Waals surface area (Å²) in [6.07, 6.45) is 2.32. The summed E-state index contributed by atoms with van der Waals surface area (Å²) in [7, 11) is 0.0228. The first kappa shape index (κ1) is 36.5. The number of halogens is 1. The molecule has 1 saturated carbocycles. The van der Waals surface area contributed by atoms with Crippen molar-refractivity contribution in [3.05, 3.63) is 35.5 Å². The second-order valence-electron chi connectivity index (χ2n) is 15.3. The molecule has 0 bridgehead atoms. The number of hydrogen-bond acceptors (Lipinski definition) is 9. The summed E-state index contributed by atoms with van der Waals surface area (Å²) in [5, 5.41) is 14.0. The lowest BCUT2D eigenvalue weighted by atomic mass is 10.0. The van der Waals surface area contributed by atoms with Crippen molar-refractivity contribution in [3.63, 3.8) is 0 Å². The van der Waals surface area contributed by atoms with E-state index < -0.39 is 43.6 Å². The van der Waals surface area contributed by atoms with Crippen LogP contribution in [-0.4, -0.2) is 95.8 Å². The Morgan fingerprint density at radius 3 is 2.49 bits per heavy atom. The quantitative estimate of drug-likeness (QED) is 0.179. The van der Waals surface area contributed by atoms with Crippen molar-refractivity contribution < 1.29 is 38.0 Å². The van der Waals surface area contributed by atoms with Crippen molar-refractivity contribution in [2.45, 2.75) is 97.1 Å². The smallest absolute Gasteiger partial charge is 0.410 e. The predicted molar refractivity (Wildman–Crippen MR) is 186 cm³/mol. The van der Waals surface area contributed by atoms with Crippen LogP contribution in [0.4, 0.5) is 9.18 Å². The number of benzene rings is 1. The molecule has 3 aromatic rings. The number of nitrogens with one attached hydrogen (secondary N) is 1. The third-order valence-corrected chi connectivity index (χ3v) is 10.5. The monoisotopic (exact) mass is 699 g/mol. The van der Waals surface area contributed by atoms with Gasteiger partial charge in [0.05, 0.1) is 43.5 Å². The number of carbonyl (C=O) groups is 2. The van der Waals surface area contributed by atoms with E-state index in [0.29, 0.717) is 71.4 Å². The normalized spacial score (nSPS) is 18.4. The Balaban J connectivity index is 1.50. The Bertz CT molecular complexity index is 1680. The molecule has 0 spiro atoms. The van der Waals surface area contributed by atoms with Crippen LogP contribution in [-0.2, 0) is 16.2 Å². The molecule has 2 atom stereocenters. The number of ether oxygens (including phenoxy) is 4. The van der Waals surface area contributed by atoms with Crippen LogP contribution in [0, 0.1) is 18.7 Å². The van der Waals surface area contributed by atoms with E-state index in [9.17, 15) is 19.1 Å². The SMILES string of the molecule is COc1cc(-c2ncnc3c(C(=O)N[C@@H]4CCN(C(=O)OC(C)(C)C)C[C@H]4O)c(C)n(COCC[Si](C)(C)C)c23)c(OCC2CC2)cc1F. The fraction of sp³-hybridized carbons (Fsp3) is 0.600. The molecule has 1 aliphatic heterocycles. The van der Waals surface area contributed by atoms with Crippen molar-refractivity contribution in [2.24, 2.45) is 5.92 Å². The Hall–Kier alpha value is -3.75. The number of fused-ring (bicyclic) bond motifs is 1. The molecule has 2 fully saturated rings. The third kappa shape index (κ3) is 8.89. The number of nitrogens with zero attached hydrogens (tertiary/aromatic N) is 4. The number of β-amino-alcohol motifs (C(OH)–C–C–N with tert-alkyl or cyclic N) is 1. The first-order valence-corrected chi connectivity index (χ1v) is 20.7. The number of piperidine rings is 1. The van der Waals surface area contributed by atoms with Crippen LogP contribution in [0.15, 0.2) is 18.5 Å². The molecule has 0 radical (unpaired) electrons. The molecular weight excluding hydrogens is 649 g/mol. The minimum Gasteiger partial charge on any atom is -0.494 e. The molecule has 2 N–H and O–H groups in total. The minimum atomic E-state index is -1.38. The fourth-order valence-corrected chi connectivity index (χ4v) is 6.53. The maximum Gasteiger partial charge on any atom is 0.410 e. The topological polar surface area (TPSA) is 137 Å². The summed E-state index contributed by atoms with van der Waals surface area (Å²) in [5.74, 6) is -0.201. The number of aromatic nitrogens is 3. The lowest BCUT2D eigenvalue weighted by molar-refractivity contribution is -0.00408. The Morgan fingerprint density at radius 1 is 1.12 bits per heavy atom. The number of rotatable bonds is 12. The van der Waals surface area contributed by atoms with Crippen LogP contribution in [0.1, 0.15) is 56.1 Å². The van der Waals surface area contributed by atoms with Crippen molar-refractivity contribution >= 4 is 31.1 Å². The number of carbonyl (C=O) groups excluding carboxylic acids is 2. The minimum absolute atomic E-state index is 0.0217. The maximum absolute atomic E-state index is 15.0. The Kier molecular flexibility index (Phi) is 10.9. The van der Waals surface area contributed by atoms with E-state index in [1.807, 2.05) is 11.5 Å². The van der Waals surface area contributed by atoms with Crippen molar-refractivity contribution in [1.29, 1.82) is 0 Å². The number of methoxy groups -OCH3 is 1. The highest BCUT2D eigenvalue weighted by atomic mass is 28.3. The van der Waals surface area contributed by atoms with E-state index >= 15 is 0 Å². The van der Waals surface area contributed by atoms with Gasteiger partial charge in [0.1, 0.15) is 35.6 Å². The summed E-state index contributed by atoms with van der Waals surface area (Å²) in [6, 6.07) is 3.22. The molecule has 2 aromatic heterocycles. The predicted octanol–water partition coefficient (Wildman–Crippen LogP) is 5.76. The molecule has 1 aliphatic carbocycles. The third-order valence-electron chi connectivity index (χ3n) is 8.77. The lowest BCUT2D eigenvalue weighted by Crippen LogP contribution is -2.56. The summed E-state index contributed by atoms with van der Waals surface area (Å²) in [6.45, 7) is 15.5. The molecule has 49 heavy (non-hydrogen) atoms. The van der Waals surface area contributed by atoms with Gasteiger partial charge < -0.3 is 38.8 Å². The van der Waals surface area contributed by atoms with E-state index in [0.717, 1.165) is 18.9 Å². The standard InChI is InChI=1S/C35H50FN5O7Si/c1-21-29(33(43)39-25-11-12-40(17-26(25)42)34(44)48-35(2,3)4)31-32(41(21)20-46-13-14-49(6,7)8)30(37-19-38-31)23-15-28(45-5)24(36)16-27(23)47-18-22-9-10-22/h15-16,19,22,25-26,42H,9-14,17-18,20H2,1-8H3,(H,39,43)/t25-,26-/m1/s1. The zero-order chi connectivity index (χ0) is 35.7. The van der Waals surface area contributed by atoms with Crippen molar-refractivity contribution in [3.8, 4) is 22.8 Å². The highest BCUT2D eigenvalue weighted by molar-refractivity contribution is 6.76. The van der Waals surface area contributed by atoms with Crippen LogP contribution >= 0.6 is 0 Å². The molecule has 14 heteroatoms. The van der Waals surface area contributed by atoms with Gasteiger partial charge in [0.2, 0.25) is 0 Å². The molecule has 1 aromatic carbocycles. The highest BCUT2D eigenvalue weighted by Crippen LogP contribution is 2.40. The first-order valence-electron chi connectivity index (χ1n) is 17.0. The van der Waals surface area contributed by atoms with Crippen LogP contribution in [0.2, 0.25) is 25.7 Å². The number of aliphatic hydroxyl groups excluding tert-OH is 1. The van der Waals surface area contributed by atoms with Gasteiger partial charge >= 0.3 is 6.09 Å². The van der Waals surface area contributed by atoms with Crippen LogP contribution < -0.4 is 14.8 Å². The molecular formula is C35H50FN5O7Si. The first-order chi connectivity index (χ1) is 23.1. The van der Waals surface area contributed by atoms with E-state index in [1.165, 1.54) is 24.4 Å². The number of likely N-dealkylation sites (tertiary alicyclic amines) is 1. The van der Waals surface area contributed by atoms with Gasteiger partial charge in [-0.05, 0) is 65.0 Å². The summed E-state index contributed by atoms with van der Waals surface area (Å²) >= 11 is 0. The number of hydrogen-bond donors (Lipinski definition) is 2. The van der Waals surface area contributed by atoms with E-state index in [-0.39, 0.29) is 19.0 Å². The van der Waals surface area contributed by atoms with Gasteiger partial charge in [0.15, 0.2) is 11.6 Å². The maximum atomic E-state index is 15.0. The second-order valence-corrected chi connectivity index (χ2v) is 20.9. The zero-order valence-electron chi connectivity index (χ0n) is 29.9. The van der Waals surface area contributed by atoms with Crippen LogP contribution in [0.3, 0.4) is 0 Å². The largest absolute Gasteiger partial charge is 0.494 e. The lowest BCUT2D eigenvalue weighted by Gasteiger charge is -2.36. The average molecular weight is 700 g/mol. The summed E-state index contributed by atoms with van der Waals surface area (Å²) < 4.78 is 40.0. The van der Waals surface area contributed by atoms with Gasteiger partial charge in [-0.25, -0.2) is 19.2 Å². The Morgan fingerprint density at radius 2 is 1.86 bits per heavy atom. The summed E-state index contributed by atoms with van der Waals surface area (Å²) in [4.78, 5) is 37.4. The van der Waals surface area contributed by atoms with E-state index in [2.05, 4.69) is 34.9 Å². The molecule has 3 heterocycles. The molecule has 2 amide bonds. The number of amides is 2. The van der Waals surface area contributed by atoms with E-state index in [1.54, 1.807) is 26.8 Å². The van der Waals surface area contributed by atoms with Gasteiger partial charge in [0.25, 0.3) is 5.91 Å². The molecule has 2 aliphatic rings. The molecule has 12 nitrogen and oxygen atoms in total. The summed E-state index contributed by atoms with van der Waals surface area (Å²) in [5.41, 5.74) is 2.09. The molecule has 5 rings (SSSR count). The zero-order valence-corrected chi connectivity index (χ0v) is 30.9. The van der Waals surface area contributed by atoms with Gasteiger partial charge in [0, 0.05) is 38.5 Å². The molecule has 268 valence electrons. The fourth-order valence-electron chi connectivity index (χ4n) is 5.78. The Labute approximate surface area is 288 Å². The average Bonchev–Trinajstić information content (AvgIpc) is 3.80. The highest BCUT2D eigenvalue weighted by Gasteiger charge is 2.35. The van der Waals surface area contributed by atoms with Gasteiger partial charge in [-0.1, -0.05) is 19.6 Å². The van der Waals surface area contributed by atoms with Gasteiger partial charge in [-0.15, -0.1) is 0 Å². The second kappa shape index (κ2) is 14.6. The van der Waals surface area contributed by atoms with Crippen LogP contribution in [0.25, 0.3) is 22.3 Å². The van der Waals surface area contributed by atoms with Gasteiger partial charge in [-0.3, -0.25) is 4.79 Å². The van der Waals surface area contributed by atoms with Crippen LogP contribution in [0.5, 0.6) is 11.5 Å². The van der Waals surface area contributed by atoms with Crippen molar-refractivity contribution in [1.82, 2.24) is 24.8 Å². The van der Waals surface area contributed by atoms with Crippen molar-refractivity contribution in [2.75, 3.05) is 33.4 Å². The van der Waals surface area contributed by atoms with Gasteiger partial charge in [-0.2, -0.15) is 0 Å².